The van der Waals surface area contributed by atoms with Gasteiger partial charge in [0.2, 0.25) is 0 Å². The lowest BCUT2D eigenvalue weighted by Crippen LogP contribution is -2.26. The summed E-state index contributed by atoms with van der Waals surface area (Å²) < 4.78 is 10.1. The maximum atomic E-state index is 11.3. The second kappa shape index (κ2) is 6.69. The summed E-state index contributed by atoms with van der Waals surface area (Å²) >= 11 is 11.6. The molecule has 1 aromatic rings. The SMILES string of the molecule is CC(CN)OC(=O)COc1ccc(Cl)cc1Cl. The van der Waals surface area contributed by atoms with Crippen molar-refractivity contribution in [3.05, 3.63) is 28.2 Å². The summed E-state index contributed by atoms with van der Waals surface area (Å²) in [7, 11) is 0. The van der Waals surface area contributed by atoms with Gasteiger partial charge in [-0.25, -0.2) is 4.79 Å². The Morgan fingerprint density at radius 2 is 2.18 bits per heavy atom. The fourth-order valence-corrected chi connectivity index (χ4v) is 1.50. The van der Waals surface area contributed by atoms with Crippen LogP contribution in [0.15, 0.2) is 18.2 Å². The predicted molar refractivity (Wildman–Crippen MR) is 66.6 cm³/mol. The molecule has 6 heteroatoms. The monoisotopic (exact) mass is 277 g/mol. The second-order valence-corrected chi connectivity index (χ2v) is 4.24. The number of carbonyl (C=O) groups excluding carboxylic acids is 1. The van der Waals surface area contributed by atoms with E-state index in [9.17, 15) is 4.79 Å². The van der Waals surface area contributed by atoms with Crippen LogP contribution < -0.4 is 10.5 Å². The first-order valence-electron chi connectivity index (χ1n) is 5.00. The molecule has 0 amide bonds. The molecule has 0 fully saturated rings. The normalized spacial score (nSPS) is 12.0. The van der Waals surface area contributed by atoms with Gasteiger partial charge in [0.05, 0.1) is 5.02 Å². The lowest BCUT2D eigenvalue weighted by Gasteiger charge is -2.12. The number of ether oxygens (including phenoxy) is 2. The van der Waals surface area contributed by atoms with E-state index in [1.54, 1.807) is 19.1 Å². The van der Waals surface area contributed by atoms with Gasteiger partial charge in [0.1, 0.15) is 11.9 Å². The average Bonchev–Trinajstić information content (AvgIpc) is 2.27. The van der Waals surface area contributed by atoms with Crippen LogP contribution in [0.3, 0.4) is 0 Å². The summed E-state index contributed by atoms with van der Waals surface area (Å²) in [6.45, 7) is 1.76. The van der Waals surface area contributed by atoms with Crippen molar-refractivity contribution in [3.8, 4) is 5.75 Å². The van der Waals surface area contributed by atoms with Gasteiger partial charge in [-0.3, -0.25) is 0 Å². The summed E-state index contributed by atoms with van der Waals surface area (Å²) in [4.78, 5) is 11.3. The minimum absolute atomic E-state index is 0.217. The van der Waals surface area contributed by atoms with Crippen LogP contribution in [-0.2, 0) is 9.53 Å². The number of rotatable bonds is 5. The molecule has 2 N–H and O–H groups in total. The molecule has 0 aliphatic carbocycles. The van der Waals surface area contributed by atoms with Gasteiger partial charge in [-0.05, 0) is 25.1 Å². The van der Waals surface area contributed by atoms with E-state index in [4.69, 9.17) is 38.4 Å². The average molecular weight is 278 g/mol. The zero-order chi connectivity index (χ0) is 12.8. The fourth-order valence-electron chi connectivity index (χ4n) is 1.04. The van der Waals surface area contributed by atoms with E-state index in [0.717, 1.165) is 0 Å². The molecule has 0 radical (unpaired) electrons. The van der Waals surface area contributed by atoms with Crippen molar-refractivity contribution in [2.75, 3.05) is 13.2 Å². The van der Waals surface area contributed by atoms with Gasteiger partial charge in [-0.2, -0.15) is 0 Å². The lowest BCUT2D eigenvalue weighted by molar-refractivity contribution is -0.150. The molecule has 0 aromatic heterocycles. The first-order valence-corrected chi connectivity index (χ1v) is 5.76. The second-order valence-electron chi connectivity index (χ2n) is 3.40. The molecule has 0 spiro atoms. The van der Waals surface area contributed by atoms with Crippen LogP contribution in [0.25, 0.3) is 0 Å². The molecular weight excluding hydrogens is 265 g/mol. The fraction of sp³-hybridized carbons (Fsp3) is 0.364. The van der Waals surface area contributed by atoms with Gasteiger partial charge in [0, 0.05) is 11.6 Å². The van der Waals surface area contributed by atoms with E-state index in [1.807, 2.05) is 0 Å². The van der Waals surface area contributed by atoms with Gasteiger partial charge in [0.25, 0.3) is 0 Å². The molecule has 0 aliphatic heterocycles. The molecule has 0 saturated carbocycles. The van der Waals surface area contributed by atoms with Crippen LogP contribution >= 0.6 is 23.2 Å². The van der Waals surface area contributed by atoms with Crippen molar-refractivity contribution in [1.29, 1.82) is 0 Å². The third kappa shape index (κ3) is 4.81. The molecule has 0 heterocycles. The van der Waals surface area contributed by atoms with Crippen molar-refractivity contribution in [1.82, 2.24) is 0 Å². The Labute approximate surface area is 110 Å². The topological polar surface area (TPSA) is 61.5 Å². The highest BCUT2D eigenvalue weighted by molar-refractivity contribution is 6.35. The molecule has 0 saturated heterocycles. The predicted octanol–water partition coefficient (Wildman–Crippen LogP) is 2.26. The summed E-state index contributed by atoms with van der Waals surface area (Å²) in [5.41, 5.74) is 5.31. The molecule has 1 aromatic carbocycles. The van der Waals surface area contributed by atoms with Crippen molar-refractivity contribution in [3.63, 3.8) is 0 Å². The maximum absolute atomic E-state index is 11.3. The van der Waals surface area contributed by atoms with Gasteiger partial charge < -0.3 is 15.2 Å². The first kappa shape index (κ1) is 14.1. The molecular formula is C11H13Cl2NO3. The number of carbonyl (C=O) groups is 1. The Hall–Kier alpha value is -0.970. The largest absolute Gasteiger partial charge is 0.480 e. The van der Waals surface area contributed by atoms with Crippen molar-refractivity contribution in [2.45, 2.75) is 13.0 Å². The van der Waals surface area contributed by atoms with Crippen LogP contribution in [0.1, 0.15) is 6.92 Å². The number of hydrogen-bond acceptors (Lipinski definition) is 4. The van der Waals surface area contributed by atoms with Crippen LogP contribution in [0.2, 0.25) is 10.0 Å². The summed E-state index contributed by atoms with van der Waals surface area (Å²) in [5.74, 6) is -0.109. The number of benzene rings is 1. The Bertz CT molecular complexity index is 398. The molecule has 1 rings (SSSR count). The summed E-state index contributed by atoms with van der Waals surface area (Å²) in [6, 6.07) is 4.74. The Morgan fingerprint density at radius 1 is 1.47 bits per heavy atom. The van der Waals surface area contributed by atoms with Gasteiger partial charge in [-0.1, -0.05) is 23.2 Å². The van der Waals surface area contributed by atoms with E-state index in [0.29, 0.717) is 15.8 Å². The zero-order valence-corrected chi connectivity index (χ0v) is 10.8. The van der Waals surface area contributed by atoms with Crippen molar-refractivity contribution in [2.24, 2.45) is 5.73 Å². The molecule has 1 atom stereocenters. The Morgan fingerprint density at radius 3 is 2.76 bits per heavy atom. The number of halogens is 2. The van der Waals surface area contributed by atoms with Crippen LogP contribution in [0, 0.1) is 0 Å². The molecule has 17 heavy (non-hydrogen) atoms. The molecule has 94 valence electrons. The van der Waals surface area contributed by atoms with Crippen LogP contribution in [0.4, 0.5) is 0 Å². The molecule has 4 nitrogen and oxygen atoms in total. The molecule has 0 bridgehead atoms. The van der Waals surface area contributed by atoms with Gasteiger partial charge in [-0.15, -0.1) is 0 Å². The maximum Gasteiger partial charge on any atom is 0.344 e. The van der Waals surface area contributed by atoms with Gasteiger partial charge >= 0.3 is 5.97 Å². The summed E-state index contributed by atoms with van der Waals surface area (Å²) in [6.07, 6.45) is -0.327. The lowest BCUT2D eigenvalue weighted by atomic mass is 10.3. The van der Waals surface area contributed by atoms with Crippen molar-refractivity contribution < 1.29 is 14.3 Å². The van der Waals surface area contributed by atoms with E-state index in [-0.39, 0.29) is 19.3 Å². The Balaban J connectivity index is 2.47. The number of nitrogens with two attached hydrogens (primary N) is 1. The minimum Gasteiger partial charge on any atom is -0.480 e. The quantitative estimate of drug-likeness (QED) is 0.839. The van der Waals surface area contributed by atoms with E-state index in [2.05, 4.69) is 0 Å². The zero-order valence-electron chi connectivity index (χ0n) is 9.28. The van der Waals surface area contributed by atoms with Crippen LogP contribution in [-0.4, -0.2) is 25.2 Å². The van der Waals surface area contributed by atoms with E-state index >= 15 is 0 Å². The van der Waals surface area contributed by atoms with Crippen LogP contribution in [0.5, 0.6) is 5.75 Å². The Kier molecular flexibility index (Phi) is 5.55. The molecule has 0 aliphatic rings. The first-order chi connectivity index (χ1) is 8.02. The highest BCUT2D eigenvalue weighted by Crippen LogP contribution is 2.27. The van der Waals surface area contributed by atoms with Gasteiger partial charge in [0.15, 0.2) is 6.61 Å². The minimum atomic E-state index is -0.492. The highest BCUT2D eigenvalue weighted by atomic mass is 35.5. The van der Waals surface area contributed by atoms with E-state index in [1.165, 1.54) is 6.07 Å². The number of hydrogen-bond donors (Lipinski definition) is 1. The van der Waals surface area contributed by atoms with Crippen molar-refractivity contribution >= 4 is 29.2 Å². The molecule has 1 unspecified atom stereocenters. The third-order valence-electron chi connectivity index (χ3n) is 1.90. The summed E-state index contributed by atoms with van der Waals surface area (Å²) in [5, 5.41) is 0.846. The third-order valence-corrected chi connectivity index (χ3v) is 2.43. The highest BCUT2D eigenvalue weighted by Gasteiger charge is 2.10. The smallest absolute Gasteiger partial charge is 0.344 e. The van der Waals surface area contributed by atoms with E-state index < -0.39 is 5.97 Å². The number of esters is 1. The standard InChI is InChI=1S/C11H13Cl2NO3/c1-7(5-14)17-11(15)6-16-10-3-2-8(12)4-9(10)13/h2-4,7H,5-6,14H2,1H3.